The molecule has 0 bridgehead atoms. The fourth-order valence-corrected chi connectivity index (χ4v) is 3.90. The minimum absolute atomic E-state index is 0.00306. The number of aryl methyl sites for hydroxylation is 3. The smallest absolute Gasteiger partial charge is 0.234 e. The topological polar surface area (TPSA) is 46.9 Å². The van der Waals surface area contributed by atoms with Crippen LogP contribution in [0.5, 0.6) is 0 Å². The normalized spacial score (nSPS) is 12.7. The highest BCUT2D eigenvalue weighted by Gasteiger charge is 2.16. The molecule has 23 heavy (non-hydrogen) atoms. The largest absolute Gasteiger partial charge is 0.329 e. The number of carbonyl (C=O) groups excluding carboxylic acids is 1. The van der Waals surface area contributed by atoms with Gasteiger partial charge < -0.3 is 9.88 Å². The molecule has 3 aromatic rings. The molecule has 5 heteroatoms. The molecule has 0 unspecified atom stereocenters. The number of anilines is 1. The van der Waals surface area contributed by atoms with E-state index in [-0.39, 0.29) is 5.91 Å². The third-order valence-electron chi connectivity index (χ3n) is 4.26. The van der Waals surface area contributed by atoms with Gasteiger partial charge in [0.15, 0.2) is 5.16 Å². The average molecular weight is 323 g/mol. The zero-order chi connectivity index (χ0) is 15.8. The fourth-order valence-electron chi connectivity index (χ4n) is 3.16. The van der Waals surface area contributed by atoms with Crippen molar-refractivity contribution in [2.75, 3.05) is 11.1 Å². The van der Waals surface area contributed by atoms with E-state index in [2.05, 4.69) is 34.6 Å². The molecule has 2 aromatic carbocycles. The molecule has 1 heterocycles. The molecule has 0 saturated heterocycles. The van der Waals surface area contributed by atoms with E-state index < -0.39 is 0 Å². The number of thioether (sulfide) groups is 1. The lowest BCUT2D eigenvalue weighted by Crippen LogP contribution is -2.14. The summed E-state index contributed by atoms with van der Waals surface area (Å²) in [5, 5.41) is 6.37. The summed E-state index contributed by atoms with van der Waals surface area (Å²) >= 11 is 1.44. The van der Waals surface area contributed by atoms with Gasteiger partial charge in [-0.25, -0.2) is 4.98 Å². The summed E-state index contributed by atoms with van der Waals surface area (Å²) in [6, 6.07) is 10.5. The average Bonchev–Trinajstić information content (AvgIpc) is 3.16. The number of imidazole rings is 1. The second-order valence-corrected chi connectivity index (χ2v) is 6.71. The van der Waals surface area contributed by atoms with Crippen LogP contribution >= 0.6 is 11.8 Å². The number of carbonyl (C=O) groups is 1. The lowest BCUT2D eigenvalue weighted by Gasteiger charge is -2.10. The Morgan fingerprint density at radius 3 is 2.87 bits per heavy atom. The van der Waals surface area contributed by atoms with Gasteiger partial charge in [0.05, 0.1) is 5.75 Å². The molecule has 1 aliphatic carbocycles. The predicted octanol–water partition coefficient (Wildman–Crippen LogP) is 3.40. The van der Waals surface area contributed by atoms with Gasteiger partial charge in [0.25, 0.3) is 0 Å². The van der Waals surface area contributed by atoms with Gasteiger partial charge in [0.1, 0.15) is 0 Å². The monoisotopic (exact) mass is 323 g/mol. The molecule has 1 aromatic heterocycles. The van der Waals surface area contributed by atoms with E-state index in [1.54, 1.807) is 6.20 Å². The number of nitrogens with zero attached hydrogens (tertiary/aromatic N) is 2. The molecule has 0 radical (unpaired) electrons. The Morgan fingerprint density at radius 1 is 1.26 bits per heavy atom. The summed E-state index contributed by atoms with van der Waals surface area (Å²) in [4.78, 5) is 16.5. The Bertz CT molecular complexity index is 890. The number of amides is 1. The van der Waals surface area contributed by atoms with E-state index >= 15 is 0 Å². The first kappa shape index (κ1) is 14.3. The van der Waals surface area contributed by atoms with E-state index in [4.69, 9.17) is 0 Å². The molecule has 0 aliphatic heterocycles. The van der Waals surface area contributed by atoms with Crippen LogP contribution in [-0.4, -0.2) is 21.2 Å². The molecule has 1 amide bonds. The van der Waals surface area contributed by atoms with Gasteiger partial charge in [-0.15, -0.1) is 0 Å². The summed E-state index contributed by atoms with van der Waals surface area (Å²) < 4.78 is 1.91. The summed E-state index contributed by atoms with van der Waals surface area (Å²) in [6.07, 6.45) is 5.81. The Hall–Kier alpha value is -2.27. The maximum absolute atomic E-state index is 12.3. The number of hydrogen-bond donors (Lipinski definition) is 1. The van der Waals surface area contributed by atoms with Crippen LogP contribution in [-0.2, 0) is 24.7 Å². The number of aromatic nitrogens is 2. The van der Waals surface area contributed by atoms with Crippen LogP contribution in [0.1, 0.15) is 11.1 Å². The zero-order valence-electron chi connectivity index (χ0n) is 12.9. The first-order valence-corrected chi connectivity index (χ1v) is 8.64. The predicted molar refractivity (Wildman–Crippen MR) is 93.9 cm³/mol. The molecule has 0 spiro atoms. The number of nitrogens with one attached hydrogen (secondary N) is 1. The lowest BCUT2D eigenvalue weighted by molar-refractivity contribution is -0.113. The van der Waals surface area contributed by atoms with Gasteiger partial charge in [-0.3, -0.25) is 4.79 Å². The summed E-state index contributed by atoms with van der Waals surface area (Å²) in [7, 11) is 1.93. The molecule has 0 fully saturated rings. The SMILES string of the molecule is Cn1ccnc1SCC(=O)Nc1ccc2c3c(cccc13)CC2. The van der Waals surface area contributed by atoms with E-state index in [1.807, 2.05) is 23.9 Å². The standard InChI is InChI=1S/C18H17N3OS/c1-21-10-9-19-18(21)23-11-16(22)20-15-8-7-13-6-5-12-3-2-4-14(15)17(12)13/h2-4,7-10H,5-6,11H2,1H3,(H,20,22). The zero-order valence-corrected chi connectivity index (χ0v) is 13.7. The van der Waals surface area contributed by atoms with Crippen molar-refractivity contribution >= 4 is 34.1 Å². The third-order valence-corrected chi connectivity index (χ3v) is 5.32. The second kappa shape index (κ2) is 5.74. The lowest BCUT2D eigenvalue weighted by atomic mass is 10.0. The second-order valence-electron chi connectivity index (χ2n) is 5.77. The van der Waals surface area contributed by atoms with Crippen LogP contribution in [0.4, 0.5) is 5.69 Å². The van der Waals surface area contributed by atoms with Crippen molar-refractivity contribution in [3.8, 4) is 0 Å². The third kappa shape index (κ3) is 2.61. The molecule has 116 valence electrons. The van der Waals surface area contributed by atoms with Crippen molar-refractivity contribution in [3.63, 3.8) is 0 Å². The van der Waals surface area contributed by atoms with Crippen molar-refractivity contribution in [2.45, 2.75) is 18.0 Å². The van der Waals surface area contributed by atoms with E-state index in [1.165, 1.54) is 28.3 Å². The van der Waals surface area contributed by atoms with Gasteiger partial charge in [0, 0.05) is 30.5 Å². The van der Waals surface area contributed by atoms with Gasteiger partial charge in [-0.1, -0.05) is 36.0 Å². The van der Waals surface area contributed by atoms with Crippen LogP contribution in [0, 0.1) is 0 Å². The minimum Gasteiger partial charge on any atom is -0.329 e. The molecular formula is C18H17N3OS. The van der Waals surface area contributed by atoms with Crippen molar-refractivity contribution in [1.82, 2.24) is 9.55 Å². The van der Waals surface area contributed by atoms with Crippen molar-refractivity contribution in [3.05, 3.63) is 53.9 Å². The molecule has 0 atom stereocenters. The quantitative estimate of drug-likeness (QED) is 0.749. The van der Waals surface area contributed by atoms with Crippen molar-refractivity contribution in [2.24, 2.45) is 7.05 Å². The Kier molecular flexibility index (Phi) is 3.58. The summed E-state index contributed by atoms with van der Waals surface area (Å²) in [5.74, 6) is 0.352. The van der Waals surface area contributed by atoms with Gasteiger partial charge in [-0.05, 0) is 35.4 Å². The Balaban J connectivity index is 1.54. The minimum atomic E-state index is -0.00306. The fraction of sp³-hybridized carbons (Fsp3) is 0.222. The first-order chi connectivity index (χ1) is 11.2. The highest BCUT2D eigenvalue weighted by molar-refractivity contribution is 7.99. The van der Waals surface area contributed by atoms with Crippen LogP contribution in [0.3, 0.4) is 0 Å². The summed E-state index contributed by atoms with van der Waals surface area (Å²) in [6.45, 7) is 0. The first-order valence-electron chi connectivity index (χ1n) is 7.66. The van der Waals surface area contributed by atoms with Crippen LogP contribution in [0.15, 0.2) is 47.9 Å². The van der Waals surface area contributed by atoms with Gasteiger partial charge >= 0.3 is 0 Å². The van der Waals surface area contributed by atoms with Gasteiger partial charge in [0.2, 0.25) is 5.91 Å². The van der Waals surface area contributed by atoms with Crippen LogP contribution < -0.4 is 5.32 Å². The number of hydrogen-bond acceptors (Lipinski definition) is 3. The Labute approximate surface area is 138 Å². The summed E-state index contributed by atoms with van der Waals surface area (Å²) in [5.41, 5.74) is 3.67. The van der Waals surface area contributed by atoms with Crippen LogP contribution in [0.2, 0.25) is 0 Å². The van der Waals surface area contributed by atoms with E-state index in [9.17, 15) is 4.79 Å². The van der Waals surface area contributed by atoms with Crippen molar-refractivity contribution < 1.29 is 4.79 Å². The molecular weight excluding hydrogens is 306 g/mol. The molecule has 4 rings (SSSR count). The highest BCUT2D eigenvalue weighted by atomic mass is 32.2. The van der Waals surface area contributed by atoms with E-state index in [0.29, 0.717) is 5.75 Å². The van der Waals surface area contributed by atoms with Crippen molar-refractivity contribution in [1.29, 1.82) is 0 Å². The van der Waals surface area contributed by atoms with Gasteiger partial charge in [-0.2, -0.15) is 0 Å². The number of benzene rings is 2. The Morgan fingerprint density at radius 2 is 2.09 bits per heavy atom. The van der Waals surface area contributed by atoms with Crippen LogP contribution in [0.25, 0.3) is 10.8 Å². The molecule has 4 nitrogen and oxygen atoms in total. The highest BCUT2D eigenvalue weighted by Crippen LogP contribution is 2.35. The molecule has 0 saturated carbocycles. The number of rotatable bonds is 4. The van der Waals surface area contributed by atoms with E-state index in [0.717, 1.165) is 29.1 Å². The molecule has 1 N–H and O–H groups in total. The maximum atomic E-state index is 12.3. The maximum Gasteiger partial charge on any atom is 0.234 e. The molecule has 1 aliphatic rings.